The highest BCUT2D eigenvalue weighted by Gasteiger charge is 2.11. The molecule has 140 valence electrons. The van der Waals surface area contributed by atoms with Gasteiger partial charge in [-0.2, -0.15) is 4.68 Å². The molecule has 3 rings (SSSR count). The molecule has 1 aromatic heterocycles. The largest absolute Gasteiger partial charge is 0.491 e. The van der Waals surface area contributed by atoms with E-state index in [-0.39, 0.29) is 11.7 Å². The zero-order valence-electron chi connectivity index (χ0n) is 15.3. The molecule has 0 atom stereocenters. The molecule has 0 aliphatic heterocycles. The summed E-state index contributed by atoms with van der Waals surface area (Å²) in [7, 11) is 0. The number of para-hydroxylation sites is 1. The Morgan fingerprint density at radius 2 is 2.00 bits per heavy atom. The molecule has 1 amide bonds. The molecular formula is C19H21N5O2S. The van der Waals surface area contributed by atoms with E-state index in [1.807, 2.05) is 56.3 Å². The van der Waals surface area contributed by atoms with Gasteiger partial charge in [0.25, 0.3) is 0 Å². The molecular weight excluding hydrogens is 362 g/mol. The number of nitrogens with one attached hydrogen (secondary N) is 1. The van der Waals surface area contributed by atoms with Crippen molar-refractivity contribution in [3.63, 3.8) is 0 Å². The van der Waals surface area contributed by atoms with Crippen LogP contribution in [0.5, 0.6) is 5.75 Å². The molecule has 1 N–H and O–H groups in total. The summed E-state index contributed by atoms with van der Waals surface area (Å²) in [5, 5.41) is 15.1. The Balaban J connectivity index is 1.42. The van der Waals surface area contributed by atoms with E-state index in [1.54, 1.807) is 4.68 Å². The summed E-state index contributed by atoms with van der Waals surface area (Å²) in [5.74, 6) is 0.981. The number of rotatable bonds is 8. The number of hydrogen-bond donors (Lipinski definition) is 1. The first-order valence-corrected chi connectivity index (χ1v) is 9.55. The normalized spacial score (nSPS) is 10.6. The zero-order valence-corrected chi connectivity index (χ0v) is 16.1. The van der Waals surface area contributed by atoms with Crippen LogP contribution in [-0.2, 0) is 4.79 Å². The van der Waals surface area contributed by atoms with Crippen molar-refractivity contribution in [1.29, 1.82) is 0 Å². The summed E-state index contributed by atoms with van der Waals surface area (Å²) >= 11 is 1.29. The number of aryl methyl sites for hydroxylation is 2. The Morgan fingerprint density at radius 3 is 2.78 bits per heavy atom. The van der Waals surface area contributed by atoms with Crippen molar-refractivity contribution in [2.75, 3.05) is 18.9 Å². The number of aromatic nitrogens is 4. The number of hydrogen-bond acceptors (Lipinski definition) is 6. The van der Waals surface area contributed by atoms with Crippen molar-refractivity contribution in [2.45, 2.75) is 19.0 Å². The van der Waals surface area contributed by atoms with Crippen LogP contribution in [0, 0.1) is 13.8 Å². The first-order valence-electron chi connectivity index (χ1n) is 8.57. The zero-order chi connectivity index (χ0) is 19.1. The first kappa shape index (κ1) is 18.9. The Kier molecular flexibility index (Phi) is 6.43. The lowest BCUT2D eigenvalue weighted by atomic mass is 10.1. The quantitative estimate of drug-likeness (QED) is 0.476. The molecule has 0 aliphatic rings. The van der Waals surface area contributed by atoms with Gasteiger partial charge in [0.15, 0.2) is 0 Å². The second kappa shape index (κ2) is 9.18. The minimum absolute atomic E-state index is 0.0909. The van der Waals surface area contributed by atoms with Crippen LogP contribution in [0.25, 0.3) is 5.69 Å². The van der Waals surface area contributed by atoms with Crippen molar-refractivity contribution < 1.29 is 9.53 Å². The fraction of sp³-hybridized carbons (Fsp3) is 0.263. The fourth-order valence-corrected chi connectivity index (χ4v) is 3.21. The lowest BCUT2D eigenvalue weighted by Crippen LogP contribution is -2.29. The van der Waals surface area contributed by atoms with Gasteiger partial charge in [-0.25, -0.2) is 0 Å². The number of ether oxygens (including phenoxy) is 1. The Hall–Kier alpha value is -2.87. The van der Waals surface area contributed by atoms with E-state index in [1.165, 1.54) is 17.3 Å². The van der Waals surface area contributed by atoms with Crippen LogP contribution in [0.3, 0.4) is 0 Å². The molecule has 0 bridgehead atoms. The van der Waals surface area contributed by atoms with Gasteiger partial charge in [-0.05, 0) is 48.0 Å². The number of tetrazole rings is 1. The topological polar surface area (TPSA) is 81.9 Å². The number of benzene rings is 2. The average Bonchev–Trinajstić information content (AvgIpc) is 3.14. The van der Waals surface area contributed by atoms with Crippen molar-refractivity contribution in [3.8, 4) is 11.4 Å². The summed E-state index contributed by atoms with van der Waals surface area (Å²) < 4.78 is 7.32. The minimum atomic E-state index is -0.0909. The van der Waals surface area contributed by atoms with Gasteiger partial charge in [0, 0.05) is 0 Å². The Bertz CT molecular complexity index is 898. The lowest BCUT2D eigenvalue weighted by Gasteiger charge is -2.10. The van der Waals surface area contributed by atoms with Gasteiger partial charge in [-0.1, -0.05) is 47.7 Å². The highest BCUT2D eigenvalue weighted by molar-refractivity contribution is 7.99. The van der Waals surface area contributed by atoms with Crippen molar-refractivity contribution in [2.24, 2.45) is 0 Å². The molecule has 0 saturated heterocycles. The van der Waals surface area contributed by atoms with E-state index >= 15 is 0 Å². The van der Waals surface area contributed by atoms with Gasteiger partial charge in [0.1, 0.15) is 12.4 Å². The molecule has 3 aromatic rings. The van der Waals surface area contributed by atoms with Crippen LogP contribution in [0.15, 0.2) is 53.7 Å². The molecule has 0 fully saturated rings. The smallest absolute Gasteiger partial charge is 0.230 e. The highest BCUT2D eigenvalue weighted by Crippen LogP contribution is 2.19. The molecule has 0 radical (unpaired) electrons. The predicted octanol–water partition coefficient (Wildman–Crippen LogP) is 2.57. The third-order valence-corrected chi connectivity index (χ3v) is 4.71. The van der Waals surface area contributed by atoms with Crippen LogP contribution in [-0.4, -0.2) is 45.0 Å². The van der Waals surface area contributed by atoms with E-state index in [4.69, 9.17) is 4.74 Å². The number of amides is 1. The molecule has 0 unspecified atom stereocenters. The van der Waals surface area contributed by atoms with Gasteiger partial charge in [0.05, 0.1) is 18.0 Å². The van der Waals surface area contributed by atoms with E-state index in [0.717, 1.165) is 17.0 Å². The number of carbonyl (C=O) groups excluding carboxylic acids is 1. The Labute approximate surface area is 162 Å². The maximum atomic E-state index is 12.0. The van der Waals surface area contributed by atoms with E-state index < -0.39 is 0 Å². The van der Waals surface area contributed by atoms with E-state index in [9.17, 15) is 4.79 Å². The standard InChI is InChI=1S/C19H21N5O2S/c1-14-8-9-17(15(2)12-14)26-11-10-20-18(25)13-27-19-21-22-23-24(19)16-6-4-3-5-7-16/h3-9,12H,10-11,13H2,1-2H3,(H,20,25). The molecule has 8 heteroatoms. The van der Waals surface area contributed by atoms with Gasteiger partial charge < -0.3 is 10.1 Å². The fourth-order valence-electron chi connectivity index (χ4n) is 2.49. The molecule has 0 aliphatic carbocycles. The third kappa shape index (κ3) is 5.30. The molecule has 2 aromatic carbocycles. The average molecular weight is 383 g/mol. The summed E-state index contributed by atoms with van der Waals surface area (Å²) in [6, 6.07) is 15.6. The number of nitrogens with zero attached hydrogens (tertiary/aromatic N) is 4. The second-order valence-electron chi connectivity index (χ2n) is 5.96. The number of carbonyl (C=O) groups is 1. The second-order valence-corrected chi connectivity index (χ2v) is 6.91. The van der Waals surface area contributed by atoms with Crippen LogP contribution in [0.4, 0.5) is 0 Å². The molecule has 1 heterocycles. The predicted molar refractivity (Wildman–Crippen MR) is 104 cm³/mol. The summed E-state index contributed by atoms with van der Waals surface area (Å²) in [6.07, 6.45) is 0. The van der Waals surface area contributed by atoms with E-state index in [2.05, 4.69) is 26.9 Å². The van der Waals surface area contributed by atoms with Crippen LogP contribution >= 0.6 is 11.8 Å². The molecule has 0 spiro atoms. The summed E-state index contributed by atoms with van der Waals surface area (Å²) in [6.45, 7) is 4.91. The van der Waals surface area contributed by atoms with Gasteiger partial charge >= 0.3 is 0 Å². The van der Waals surface area contributed by atoms with Crippen molar-refractivity contribution >= 4 is 17.7 Å². The maximum Gasteiger partial charge on any atom is 0.230 e. The molecule has 7 nitrogen and oxygen atoms in total. The van der Waals surface area contributed by atoms with Gasteiger partial charge in [0.2, 0.25) is 11.1 Å². The van der Waals surface area contributed by atoms with Crippen molar-refractivity contribution in [1.82, 2.24) is 25.5 Å². The van der Waals surface area contributed by atoms with Gasteiger partial charge in [-0.15, -0.1) is 5.10 Å². The van der Waals surface area contributed by atoms with Crippen LogP contribution in [0.1, 0.15) is 11.1 Å². The Morgan fingerprint density at radius 1 is 1.19 bits per heavy atom. The SMILES string of the molecule is Cc1ccc(OCCNC(=O)CSc2nnnn2-c2ccccc2)c(C)c1. The molecule has 0 saturated carbocycles. The lowest BCUT2D eigenvalue weighted by molar-refractivity contribution is -0.118. The van der Waals surface area contributed by atoms with Crippen LogP contribution in [0.2, 0.25) is 0 Å². The van der Waals surface area contributed by atoms with E-state index in [0.29, 0.717) is 18.3 Å². The first-order chi connectivity index (χ1) is 13.1. The summed E-state index contributed by atoms with van der Waals surface area (Å²) in [5.41, 5.74) is 3.14. The van der Waals surface area contributed by atoms with Gasteiger partial charge in [-0.3, -0.25) is 4.79 Å². The highest BCUT2D eigenvalue weighted by atomic mass is 32.2. The molecule has 27 heavy (non-hydrogen) atoms. The minimum Gasteiger partial charge on any atom is -0.491 e. The summed E-state index contributed by atoms with van der Waals surface area (Å²) in [4.78, 5) is 12.0. The monoisotopic (exact) mass is 383 g/mol. The van der Waals surface area contributed by atoms with Crippen LogP contribution < -0.4 is 10.1 Å². The van der Waals surface area contributed by atoms with Crippen molar-refractivity contribution in [3.05, 3.63) is 59.7 Å². The number of thioether (sulfide) groups is 1. The third-order valence-electron chi connectivity index (χ3n) is 3.79. The maximum absolute atomic E-state index is 12.0.